The second-order valence-electron chi connectivity index (χ2n) is 6.85. The number of aliphatic carboxylic acids is 1. The van der Waals surface area contributed by atoms with Gasteiger partial charge in [-0.05, 0) is 42.5 Å². The van der Waals surface area contributed by atoms with E-state index in [1.807, 2.05) is 18.2 Å². The van der Waals surface area contributed by atoms with Gasteiger partial charge in [0.25, 0.3) is 0 Å². The van der Waals surface area contributed by atoms with E-state index in [9.17, 15) is 9.18 Å². The van der Waals surface area contributed by atoms with Crippen LogP contribution in [0.25, 0.3) is 0 Å². The molecule has 3 rings (SSSR count). The molecule has 0 saturated heterocycles. The quantitative estimate of drug-likeness (QED) is 0.610. The van der Waals surface area contributed by atoms with Crippen molar-refractivity contribution in [2.75, 3.05) is 26.9 Å². The Bertz CT molecular complexity index is 838. The number of methoxy groups -OCH3 is 1. The van der Waals surface area contributed by atoms with Crippen molar-refractivity contribution in [1.82, 2.24) is 0 Å². The van der Waals surface area contributed by atoms with Crippen molar-refractivity contribution in [2.45, 2.75) is 31.8 Å². The van der Waals surface area contributed by atoms with Crippen LogP contribution in [0.1, 0.15) is 24.0 Å². The van der Waals surface area contributed by atoms with Gasteiger partial charge in [-0.1, -0.05) is 12.1 Å². The fourth-order valence-electron chi connectivity index (χ4n) is 3.11. The highest BCUT2D eigenvalue weighted by Gasteiger charge is 2.21. The summed E-state index contributed by atoms with van der Waals surface area (Å²) in [6.07, 6.45) is 1.56. The zero-order valence-corrected chi connectivity index (χ0v) is 16.4. The molecule has 1 atom stereocenters. The monoisotopic (exact) mass is 404 g/mol. The van der Waals surface area contributed by atoms with Gasteiger partial charge < -0.3 is 24.1 Å². The maximum Gasteiger partial charge on any atom is 0.303 e. The molecule has 0 bridgehead atoms. The lowest BCUT2D eigenvalue weighted by molar-refractivity contribution is -0.136. The van der Waals surface area contributed by atoms with Crippen molar-refractivity contribution >= 4 is 5.97 Å². The SMILES string of the molecule is COCCOc1ccc2c(c1)OC(COc1ccc(CCC(=O)O)c(F)c1)CC2. The van der Waals surface area contributed by atoms with Gasteiger partial charge in [-0.15, -0.1) is 0 Å². The standard InChI is InChI=1S/C22H25FO6/c1-26-10-11-27-18-7-3-16-4-8-19(29-21(16)13-18)14-28-17-6-2-15(20(23)12-17)5-9-22(24)25/h2-3,6-7,12-13,19H,4-5,8-11,14H2,1H3,(H,24,25). The second-order valence-corrected chi connectivity index (χ2v) is 6.85. The van der Waals surface area contributed by atoms with Gasteiger partial charge in [-0.2, -0.15) is 0 Å². The van der Waals surface area contributed by atoms with Crippen LogP contribution in [0, 0.1) is 5.82 Å². The second kappa shape index (κ2) is 10.1. The van der Waals surface area contributed by atoms with Crippen molar-refractivity contribution in [3.63, 3.8) is 0 Å². The number of ether oxygens (including phenoxy) is 4. The Morgan fingerprint density at radius 3 is 2.72 bits per heavy atom. The Kier molecular flexibility index (Phi) is 7.30. The first kappa shape index (κ1) is 20.9. The van der Waals surface area contributed by atoms with E-state index in [2.05, 4.69) is 0 Å². The van der Waals surface area contributed by atoms with E-state index in [4.69, 9.17) is 24.1 Å². The van der Waals surface area contributed by atoms with Crippen LogP contribution in [0.5, 0.6) is 17.2 Å². The Morgan fingerprint density at radius 1 is 1.17 bits per heavy atom. The lowest BCUT2D eigenvalue weighted by Crippen LogP contribution is -2.29. The molecule has 0 aromatic heterocycles. The van der Waals surface area contributed by atoms with E-state index in [1.54, 1.807) is 19.2 Å². The first-order valence-corrected chi connectivity index (χ1v) is 9.59. The van der Waals surface area contributed by atoms with Gasteiger partial charge in [0.1, 0.15) is 42.4 Å². The molecule has 0 radical (unpaired) electrons. The summed E-state index contributed by atoms with van der Waals surface area (Å²) >= 11 is 0. The van der Waals surface area contributed by atoms with Crippen LogP contribution in [0.15, 0.2) is 36.4 Å². The third kappa shape index (κ3) is 6.09. The van der Waals surface area contributed by atoms with E-state index in [-0.39, 0.29) is 18.9 Å². The minimum absolute atomic E-state index is 0.108. The van der Waals surface area contributed by atoms with Crippen LogP contribution < -0.4 is 14.2 Å². The molecule has 2 aromatic rings. The maximum atomic E-state index is 14.1. The van der Waals surface area contributed by atoms with E-state index < -0.39 is 11.8 Å². The summed E-state index contributed by atoms with van der Waals surface area (Å²) in [6.45, 7) is 1.28. The zero-order chi connectivity index (χ0) is 20.6. The number of aryl methyl sites for hydroxylation is 2. The van der Waals surface area contributed by atoms with Gasteiger partial charge in [0, 0.05) is 25.7 Å². The first-order valence-electron chi connectivity index (χ1n) is 9.59. The molecule has 2 aromatic carbocycles. The van der Waals surface area contributed by atoms with Crippen LogP contribution in [0.2, 0.25) is 0 Å². The van der Waals surface area contributed by atoms with Crippen molar-refractivity contribution in [3.05, 3.63) is 53.3 Å². The molecule has 0 fully saturated rings. The number of hydrogen-bond donors (Lipinski definition) is 1. The molecule has 1 aliphatic heterocycles. The summed E-state index contributed by atoms with van der Waals surface area (Å²) in [5, 5.41) is 8.72. The molecule has 1 N–H and O–H groups in total. The minimum atomic E-state index is -0.952. The molecule has 1 heterocycles. The van der Waals surface area contributed by atoms with Crippen molar-refractivity contribution < 1.29 is 33.2 Å². The first-order chi connectivity index (χ1) is 14.0. The van der Waals surface area contributed by atoms with Gasteiger partial charge in [0.2, 0.25) is 0 Å². The van der Waals surface area contributed by atoms with Gasteiger partial charge in [-0.3, -0.25) is 4.79 Å². The average Bonchev–Trinajstić information content (AvgIpc) is 2.71. The Labute approximate surface area is 169 Å². The molecule has 0 saturated carbocycles. The molecule has 29 heavy (non-hydrogen) atoms. The van der Waals surface area contributed by atoms with Gasteiger partial charge in [-0.25, -0.2) is 4.39 Å². The minimum Gasteiger partial charge on any atom is -0.491 e. The number of halogens is 1. The smallest absolute Gasteiger partial charge is 0.303 e. The van der Waals surface area contributed by atoms with Crippen LogP contribution >= 0.6 is 0 Å². The van der Waals surface area contributed by atoms with Crippen LogP contribution in [-0.2, 0) is 22.4 Å². The Balaban J connectivity index is 1.54. The molecular formula is C22H25FO6. The Hall–Kier alpha value is -2.80. The largest absolute Gasteiger partial charge is 0.491 e. The van der Waals surface area contributed by atoms with Crippen LogP contribution in [0.3, 0.4) is 0 Å². The summed E-state index contributed by atoms with van der Waals surface area (Å²) < 4.78 is 36.4. The van der Waals surface area contributed by atoms with E-state index in [0.717, 1.165) is 29.9 Å². The molecule has 7 heteroatoms. The van der Waals surface area contributed by atoms with Crippen LogP contribution in [-0.4, -0.2) is 44.1 Å². The van der Waals surface area contributed by atoms with Gasteiger partial charge in [0.15, 0.2) is 0 Å². The van der Waals surface area contributed by atoms with Crippen molar-refractivity contribution in [2.24, 2.45) is 0 Å². The molecule has 0 spiro atoms. The summed E-state index contributed by atoms with van der Waals surface area (Å²) in [7, 11) is 1.62. The van der Waals surface area contributed by atoms with Gasteiger partial charge in [0.05, 0.1) is 6.61 Å². The summed E-state index contributed by atoms with van der Waals surface area (Å²) in [5.41, 5.74) is 1.48. The average molecular weight is 404 g/mol. The highest BCUT2D eigenvalue weighted by Crippen LogP contribution is 2.31. The molecule has 0 aliphatic carbocycles. The van der Waals surface area contributed by atoms with Crippen molar-refractivity contribution in [3.8, 4) is 17.2 Å². The lowest BCUT2D eigenvalue weighted by atomic mass is 10.0. The molecule has 1 aliphatic rings. The summed E-state index contributed by atoms with van der Waals surface area (Å²) in [6, 6.07) is 10.3. The van der Waals surface area contributed by atoms with Crippen molar-refractivity contribution in [1.29, 1.82) is 0 Å². The third-order valence-corrected chi connectivity index (χ3v) is 4.69. The fourth-order valence-corrected chi connectivity index (χ4v) is 3.11. The number of rotatable bonds is 10. The zero-order valence-electron chi connectivity index (χ0n) is 16.4. The summed E-state index contributed by atoms with van der Waals surface area (Å²) in [5.74, 6) is 0.479. The number of hydrogen-bond acceptors (Lipinski definition) is 5. The number of carbonyl (C=O) groups is 1. The van der Waals surface area contributed by atoms with Gasteiger partial charge >= 0.3 is 5.97 Å². The molecule has 1 unspecified atom stereocenters. The number of carboxylic acids is 1. The van der Waals surface area contributed by atoms with E-state index in [0.29, 0.717) is 31.1 Å². The predicted octanol–water partition coefficient (Wildman–Crippen LogP) is 3.64. The highest BCUT2D eigenvalue weighted by molar-refractivity contribution is 5.67. The summed E-state index contributed by atoms with van der Waals surface area (Å²) in [4.78, 5) is 10.6. The molecule has 0 amide bonds. The van der Waals surface area contributed by atoms with Crippen LogP contribution in [0.4, 0.5) is 4.39 Å². The maximum absolute atomic E-state index is 14.1. The number of fused-ring (bicyclic) bond motifs is 1. The number of benzene rings is 2. The third-order valence-electron chi connectivity index (χ3n) is 4.69. The fraction of sp³-hybridized carbons (Fsp3) is 0.409. The molecular weight excluding hydrogens is 379 g/mol. The molecule has 6 nitrogen and oxygen atoms in total. The lowest BCUT2D eigenvalue weighted by Gasteiger charge is -2.26. The topological polar surface area (TPSA) is 74.2 Å². The van der Waals surface area contributed by atoms with E-state index in [1.165, 1.54) is 6.07 Å². The highest BCUT2D eigenvalue weighted by atomic mass is 19.1. The normalized spacial score (nSPS) is 15.3. The van der Waals surface area contributed by atoms with E-state index >= 15 is 0 Å². The Morgan fingerprint density at radius 2 is 1.97 bits per heavy atom. The molecule has 156 valence electrons. The predicted molar refractivity (Wildman–Crippen MR) is 104 cm³/mol. The number of carboxylic acid groups (broad SMARTS) is 1.